The summed E-state index contributed by atoms with van der Waals surface area (Å²) in [6.07, 6.45) is 5.20. The standard InChI is InChI=1S/C25H25N7OS/c26-23-28-24(27)30-25(29-23)34-15-20(33)32-22(17-10-5-2-6-11-17)19-13-7-12-18(21(19)31-32)14-16-8-3-1-4-9-16/h1-6,8-11,14,19,22H,7,12-13,15H2,(H4,26,27,28,29,30)/b18-14-/t19-,22-/m0/s1. The van der Waals surface area contributed by atoms with Crippen LogP contribution in [-0.4, -0.2) is 37.3 Å². The Morgan fingerprint density at radius 3 is 2.38 bits per heavy atom. The summed E-state index contributed by atoms with van der Waals surface area (Å²) in [7, 11) is 0. The first-order valence-electron chi connectivity index (χ1n) is 11.2. The molecule has 3 aromatic rings. The molecular formula is C25H25N7OS. The number of nitrogen functional groups attached to an aromatic ring is 2. The second-order valence-electron chi connectivity index (χ2n) is 8.28. The molecule has 172 valence electrons. The Morgan fingerprint density at radius 2 is 1.68 bits per heavy atom. The van der Waals surface area contributed by atoms with Gasteiger partial charge in [0.05, 0.1) is 17.5 Å². The van der Waals surface area contributed by atoms with E-state index in [1.807, 2.05) is 36.4 Å². The van der Waals surface area contributed by atoms with E-state index >= 15 is 0 Å². The first-order valence-corrected chi connectivity index (χ1v) is 12.2. The monoisotopic (exact) mass is 471 g/mol. The molecule has 1 fully saturated rings. The molecule has 2 aromatic carbocycles. The number of amides is 1. The highest BCUT2D eigenvalue weighted by molar-refractivity contribution is 7.99. The Kier molecular flexibility index (Phi) is 6.27. The lowest BCUT2D eigenvalue weighted by Crippen LogP contribution is -2.32. The van der Waals surface area contributed by atoms with Gasteiger partial charge in [-0.25, -0.2) is 5.01 Å². The molecule has 1 saturated carbocycles. The maximum atomic E-state index is 13.4. The average Bonchev–Trinajstić information content (AvgIpc) is 3.24. The van der Waals surface area contributed by atoms with Crippen molar-refractivity contribution in [3.63, 3.8) is 0 Å². The summed E-state index contributed by atoms with van der Waals surface area (Å²) in [4.78, 5) is 25.3. The van der Waals surface area contributed by atoms with Gasteiger partial charge in [-0.05, 0) is 42.0 Å². The second-order valence-corrected chi connectivity index (χ2v) is 9.22. The molecular weight excluding hydrogens is 446 g/mol. The smallest absolute Gasteiger partial charge is 0.253 e. The van der Waals surface area contributed by atoms with Gasteiger partial charge in [0.25, 0.3) is 5.91 Å². The Labute approximate surface area is 202 Å². The van der Waals surface area contributed by atoms with E-state index in [9.17, 15) is 4.79 Å². The number of thioether (sulfide) groups is 1. The Bertz CT molecular complexity index is 1230. The number of hydrogen-bond donors (Lipinski definition) is 2. The molecule has 1 aromatic heterocycles. The molecule has 2 heterocycles. The van der Waals surface area contributed by atoms with E-state index in [1.165, 1.54) is 17.3 Å². The number of hydrogen-bond acceptors (Lipinski definition) is 8. The zero-order valence-corrected chi connectivity index (χ0v) is 19.4. The van der Waals surface area contributed by atoms with Gasteiger partial charge in [0.1, 0.15) is 0 Å². The lowest BCUT2D eigenvalue weighted by molar-refractivity contribution is -0.130. The first-order chi connectivity index (χ1) is 16.6. The van der Waals surface area contributed by atoms with Crippen LogP contribution in [0.4, 0.5) is 11.9 Å². The largest absolute Gasteiger partial charge is 0.368 e. The molecule has 2 atom stereocenters. The number of benzene rings is 2. The molecule has 2 aliphatic rings. The zero-order chi connectivity index (χ0) is 23.5. The molecule has 34 heavy (non-hydrogen) atoms. The predicted molar refractivity (Wildman–Crippen MR) is 135 cm³/mol. The van der Waals surface area contributed by atoms with E-state index in [2.05, 4.69) is 45.3 Å². The SMILES string of the molecule is Nc1nc(N)nc(SCC(=O)N2N=C3/C(=C\c4ccccc4)CCC[C@@H]3[C@@H]2c2ccccc2)n1. The number of nitrogens with two attached hydrogens (primary N) is 2. The van der Waals surface area contributed by atoms with Crippen molar-refractivity contribution in [1.82, 2.24) is 20.0 Å². The summed E-state index contributed by atoms with van der Waals surface area (Å²) in [5.74, 6) is 0.231. The molecule has 4 N–H and O–H groups in total. The van der Waals surface area contributed by atoms with Crippen LogP contribution in [0, 0.1) is 5.92 Å². The number of carbonyl (C=O) groups excluding carboxylic acids is 1. The van der Waals surface area contributed by atoms with E-state index < -0.39 is 0 Å². The number of allylic oxidation sites excluding steroid dienone is 1. The topological polar surface area (TPSA) is 123 Å². The number of hydrazone groups is 1. The summed E-state index contributed by atoms with van der Waals surface area (Å²) in [5, 5.41) is 6.88. The van der Waals surface area contributed by atoms with Crippen LogP contribution in [0.15, 0.2) is 76.5 Å². The van der Waals surface area contributed by atoms with Gasteiger partial charge in [-0.3, -0.25) is 4.79 Å². The molecule has 1 aliphatic carbocycles. The van der Waals surface area contributed by atoms with E-state index in [0.29, 0.717) is 5.16 Å². The normalized spacial score (nSPS) is 20.8. The van der Waals surface area contributed by atoms with Gasteiger partial charge < -0.3 is 11.5 Å². The highest BCUT2D eigenvalue weighted by Gasteiger charge is 2.43. The van der Waals surface area contributed by atoms with E-state index in [4.69, 9.17) is 16.6 Å². The lowest BCUT2D eigenvalue weighted by Gasteiger charge is -2.29. The number of carbonyl (C=O) groups is 1. The number of nitrogens with zero attached hydrogens (tertiary/aromatic N) is 5. The molecule has 0 radical (unpaired) electrons. The van der Waals surface area contributed by atoms with Crippen LogP contribution < -0.4 is 11.5 Å². The first kappa shape index (κ1) is 22.1. The average molecular weight is 472 g/mol. The Hall–Kier alpha value is -3.72. The van der Waals surface area contributed by atoms with Crippen molar-refractivity contribution in [3.05, 3.63) is 77.4 Å². The van der Waals surface area contributed by atoms with E-state index in [-0.39, 0.29) is 35.5 Å². The highest BCUT2D eigenvalue weighted by atomic mass is 32.2. The fourth-order valence-electron chi connectivity index (χ4n) is 4.59. The molecule has 1 aliphatic heterocycles. The van der Waals surface area contributed by atoms with Crippen LogP contribution in [-0.2, 0) is 4.79 Å². The molecule has 1 amide bonds. The van der Waals surface area contributed by atoms with Gasteiger partial charge in [0, 0.05) is 5.92 Å². The molecule has 9 heteroatoms. The minimum Gasteiger partial charge on any atom is -0.368 e. The van der Waals surface area contributed by atoms with Crippen molar-refractivity contribution in [1.29, 1.82) is 0 Å². The molecule has 0 spiro atoms. The minimum absolute atomic E-state index is 0.0349. The molecule has 0 unspecified atom stereocenters. The van der Waals surface area contributed by atoms with Crippen molar-refractivity contribution in [3.8, 4) is 0 Å². The second kappa shape index (κ2) is 9.64. The molecule has 5 rings (SSSR count). The summed E-state index contributed by atoms with van der Waals surface area (Å²) in [6, 6.07) is 20.2. The minimum atomic E-state index is -0.141. The summed E-state index contributed by atoms with van der Waals surface area (Å²) in [5.41, 5.74) is 15.8. The molecule has 8 nitrogen and oxygen atoms in total. The maximum Gasteiger partial charge on any atom is 0.253 e. The van der Waals surface area contributed by atoms with Crippen LogP contribution in [0.2, 0.25) is 0 Å². The number of anilines is 2. The third-order valence-electron chi connectivity index (χ3n) is 6.01. The quantitative estimate of drug-likeness (QED) is 0.540. The highest BCUT2D eigenvalue weighted by Crippen LogP contribution is 2.44. The van der Waals surface area contributed by atoms with Gasteiger partial charge >= 0.3 is 0 Å². The fraction of sp³-hybridized carbons (Fsp3) is 0.240. The predicted octanol–water partition coefficient (Wildman–Crippen LogP) is 3.95. The number of rotatable bonds is 5. The van der Waals surface area contributed by atoms with Crippen molar-refractivity contribution in [2.45, 2.75) is 30.5 Å². The Morgan fingerprint density at radius 1 is 1.00 bits per heavy atom. The Balaban J connectivity index is 1.45. The van der Waals surface area contributed by atoms with Gasteiger partial charge in [-0.2, -0.15) is 20.1 Å². The van der Waals surface area contributed by atoms with Crippen LogP contribution >= 0.6 is 11.8 Å². The van der Waals surface area contributed by atoms with E-state index in [0.717, 1.165) is 36.1 Å². The fourth-order valence-corrected chi connectivity index (χ4v) is 5.29. The summed E-state index contributed by atoms with van der Waals surface area (Å²) < 4.78 is 0. The maximum absolute atomic E-state index is 13.4. The van der Waals surface area contributed by atoms with Crippen LogP contribution in [0.5, 0.6) is 0 Å². The summed E-state index contributed by atoms with van der Waals surface area (Å²) >= 11 is 1.18. The number of aromatic nitrogens is 3. The van der Waals surface area contributed by atoms with Gasteiger partial charge in [-0.15, -0.1) is 0 Å². The van der Waals surface area contributed by atoms with Crippen molar-refractivity contribution in [2.75, 3.05) is 17.2 Å². The van der Waals surface area contributed by atoms with Gasteiger partial charge in [0.2, 0.25) is 11.9 Å². The van der Waals surface area contributed by atoms with Gasteiger partial charge in [-0.1, -0.05) is 72.4 Å². The number of fused-ring (bicyclic) bond motifs is 1. The molecule has 0 saturated heterocycles. The lowest BCUT2D eigenvalue weighted by atomic mass is 9.77. The van der Waals surface area contributed by atoms with Crippen molar-refractivity contribution in [2.24, 2.45) is 11.0 Å². The van der Waals surface area contributed by atoms with Gasteiger partial charge in [0.15, 0.2) is 5.16 Å². The third kappa shape index (κ3) is 4.65. The van der Waals surface area contributed by atoms with Crippen molar-refractivity contribution < 1.29 is 4.79 Å². The molecule has 0 bridgehead atoms. The zero-order valence-electron chi connectivity index (χ0n) is 18.5. The van der Waals surface area contributed by atoms with Crippen LogP contribution in [0.1, 0.15) is 36.4 Å². The van der Waals surface area contributed by atoms with E-state index in [1.54, 1.807) is 5.01 Å². The third-order valence-corrected chi connectivity index (χ3v) is 6.84. The summed E-state index contributed by atoms with van der Waals surface area (Å²) in [6.45, 7) is 0. The van der Waals surface area contributed by atoms with Crippen LogP contribution in [0.3, 0.4) is 0 Å². The van der Waals surface area contributed by atoms with Crippen molar-refractivity contribution >= 4 is 41.4 Å². The van der Waals surface area contributed by atoms with Crippen LogP contribution in [0.25, 0.3) is 6.08 Å².